The number of hydrogen-bond donors (Lipinski definition) is 0. The van der Waals surface area contributed by atoms with Crippen LogP contribution in [0.5, 0.6) is 0 Å². The van der Waals surface area contributed by atoms with Crippen LogP contribution in [0.2, 0.25) is 0 Å². The van der Waals surface area contributed by atoms with Gasteiger partial charge in [-0.15, -0.1) is 0 Å². The lowest BCUT2D eigenvalue weighted by Gasteiger charge is -2.12. The SMILES string of the molecule is c1ccc2c(c1)oc1cccc(-c3nc(-c4ccc(-c5cccc6oc7cnccc7c56)cc4)nc(-n4c5ccccc5c5ccccc54)n3)c12. The first-order valence-electron chi connectivity index (χ1n) is 16.8. The zero-order valence-corrected chi connectivity index (χ0v) is 27.0. The number of para-hydroxylation sites is 3. The highest BCUT2D eigenvalue weighted by Gasteiger charge is 2.20. The predicted molar refractivity (Wildman–Crippen MR) is 203 cm³/mol. The van der Waals surface area contributed by atoms with Gasteiger partial charge in [0.2, 0.25) is 5.95 Å². The van der Waals surface area contributed by atoms with Crippen molar-refractivity contribution in [2.24, 2.45) is 0 Å². The molecule has 11 aromatic rings. The van der Waals surface area contributed by atoms with Gasteiger partial charge in [-0.3, -0.25) is 9.55 Å². The average molecular weight is 656 g/mol. The summed E-state index contributed by atoms with van der Waals surface area (Å²) in [6.07, 6.45) is 3.57. The Labute approximate surface area is 290 Å². The van der Waals surface area contributed by atoms with Gasteiger partial charge in [0.25, 0.3) is 0 Å². The van der Waals surface area contributed by atoms with Crippen LogP contribution in [0.1, 0.15) is 0 Å². The van der Waals surface area contributed by atoms with E-state index in [4.69, 9.17) is 23.8 Å². The van der Waals surface area contributed by atoms with Crippen molar-refractivity contribution in [2.45, 2.75) is 0 Å². The first kappa shape index (κ1) is 27.8. The molecule has 0 aliphatic rings. The minimum atomic E-state index is 0.546. The van der Waals surface area contributed by atoms with E-state index in [1.807, 2.05) is 48.5 Å². The average Bonchev–Trinajstić information content (AvgIpc) is 3.87. The van der Waals surface area contributed by atoms with E-state index >= 15 is 0 Å². The molecule has 7 heteroatoms. The second-order valence-corrected chi connectivity index (χ2v) is 12.7. The van der Waals surface area contributed by atoms with E-state index in [-0.39, 0.29) is 0 Å². The van der Waals surface area contributed by atoms with E-state index < -0.39 is 0 Å². The molecular weight excluding hydrogens is 631 g/mol. The number of nitrogens with zero attached hydrogens (tertiary/aromatic N) is 5. The molecule has 0 amide bonds. The Morgan fingerprint density at radius 2 is 0.980 bits per heavy atom. The van der Waals surface area contributed by atoms with Gasteiger partial charge in [-0.25, -0.2) is 4.98 Å². The second kappa shape index (κ2) is 10.7. The third-order valence-corrected chi connectivity index (χ3v) is 9.80. The maximum absolute atomic E-state index is 6.27. The number of hydrogen-bond acceptors (Lipinski definition) is 6. The van der Waals surface area contributed by atoms with E-state index in [1.165, 1.54) is 0 Å². The maximum atomic E-state index is 6.27. The van der Waals surface area contributed by atoms with Gasteiger partial charge >= 0.3 is 0 Å². The molecule has 0 unspecified atom stereocenters. The van der Waals surface area contributed by atoms with Crippen molar-refractivity contribution in [3.05, 3.63) is 152 Å². The summed E-state index contributed by atoms with van der Waals surface area (Å²) in [5, 5.41) is 6.38. The summed E-state index contributed by atoms with van der Waals surface area (Å²) >= 11 is 0. The highest BCUT2D eigenvalue weighted by atomic mass is 16.3. The lowest BCUT2D eigenvalue weighted by molar-refractivity contribution is 0.667. The van der Waals surface area contributed by atoms with Crippen LogP contribution in [-0.4, -0.2) is 24.5 Å². The van der Waals surface area contributed by atoms with Crippen LogP contribution in [0.15, 0.2) is 161 Å². The molecule has 0 radical (unpaired) electrons. The van der Waals surface area contributed by atoms with Gasteiger partial charge in [0.15, 0.2) is 17.2 Å². The Bertz CT molecular complexity index is 3100. The molecule has 0 N–H and O–H groups in total. The smallest absolute Gasteiger partial charge is 0.238 e. The van der Waals surface area contributed by atoms with E-state index in [0.29, 0.717) is 17.6 Å². The highest BCUT2D eigenvalue weighted by molar-refractivity contribution is 6.13. The van der Waals surface area contributed by atoms with E-state index in [1.54, 1.807) is 12.4 Å². The van der Waals surface area contributed by atoms with Crippen LogP contribution in [0.4, 0.5) is 0 Å². The summed E-state index contributed by atoms with van der Waals surface area (Å²) in [5.74, 6) is 1.69. The number of fused-ring (bicyclic) bond motifs is 9. The minimum absolute atomic E-state index is 0.546. The largest absolute Gasteiger partial charge is 0.456 e. The summed E-state index contributed by atoms with van der Waals surface area (Å²) in [6, 6.07) is 47.5. The summed E-state index contributed by atoms with van der Waals surface area (Å²) in [6.45, 7) is 0. The third-order valence-electron chi connectivity index (χ3n) is 9.80. The van der Waals surface area contributed by atoms with Crippen LogP contribution >= 0.6 is 0 Å². The zero-order valence-electron chi connectivity index (χ0n) is 27.0. The summed E-state index contributed by atoms with van der Waals surface area (Å²) in [4.78, 5) is 19.8. The molecule has 0 spiro atoms. The molecule has 0 fully saturated rings. The standard InChI is InChI=1S/C44H25N5O2/c1-4-14-34-29(9-1)30-10-2-5-15-35(30)49(34)44-47-42(46-43(48-44)33-13-8-18-38-41(33)31-11-3-6-16-36(31)50-38)27-21-19-26(20-22-27)28-12-7-17-37-40(28)32-23-24-45-25-39(32)51-37/h1-25H. The number of furan rings is 2. The molecular formula is C44H25N5O2. The molecule has 6 aromatic carbocycles. The van der Waals surface area contributed by atoms with Crippen LogP contribution in [0.25, 0.3) is 106 Å². The Morgan fingerprint density at radius 1 is 0.412 bits per heavy atom. The Kier molecular flexibility index (Phi) is 5.83. The molecule has 5 aromatic heterocycles. The Balaban J connectivity index is 1.14. The molecule has 0 bridgehead atoms. The fourth-order valence-corrected chi connectivity index (χ4v) is 7.53. The van der Waals surface area contributed by atoms with Crippen molar-refractivity contribution in [2.75, 3.05) is 0 Å². The lowest BCUT2D eigenvalue weighted by atomic mass is 9.98. The van der Waals surface area contributed by atoms with Crippen LogP contribution in [0, 0.1) is 0 Å². The normalized spacial score (nSPS) is 11.9. The maximum Gasteiger partial charge on any atom is 0.238 e. The fraction of sp³-hybridized carbons (Fsp3) is 0. The molecule has 11 rings (SSSR count). The zero-order chi connectivity index (χ0) is 33.5. The highest BCUT2D eigenvalue weighted by Crippen LogP contribution is 2.39. The van der Waals surface area contributed by atoms with Gasteiger partial charge < -0.3 is 8.83 Å². The van der Waals surface area contributed by atoms with Crippen LogP contribution in [0.3, 0.4) is 0 Å². The Morgan fingerprint density at radius 3 is 1.75 bits per heavy atom. The van der Waals surface area contributed by atoms with Crippen LogP contribution < -0.4 is 0 Å². The van der Waals surface area contributed by atoms with Crippen LogP contribution in [-0.2, 0) is 0 Å². The monoisotopic (exact) mass is 655 g/mol. The van der Waals surface area contributed by atoms with E-state index in [9.17, 15) is 0 Å². The van der Waals surface area contributed by atoms with Crippen molar-refractivity contribution in [3.8, 4) is 39.9 Å². The van der Waals surface area contributed by atoms with Gasteiger partial charge in [0.05, 0.1) is 17.2 Å². The topological polar surface area (TPSA) is 82.8 Å². The van der Waals surface area contributed by atoms with Gasteiger partial charge in [0.1, 0.15) is 16.7 Å². The second-order valence-electron chi connectivity index (χ2n) is 12.7. The molecule has 7 nitrogen and oxygen atoms in total. The minimum Gasteiger partial charge on any atom is -0.456 e. The van der Waals surface area contributed by atoms with Gasteiger partial charge in [-0.05, 0) is 47.5 Å². The van der Waals surface area contributed by atoms with E-state index in [2.05, 4.69) is 101 Å². The van der Waals surface area contributed by atoms with E-state index in [0.717, 1.165) is 87.9 Å². The molecule has 0 saturated carbocycles. The van der Waals surface area contributed by atoms with Gasteiger partial charge in [0, 0.05) is 49.6 Å². The van der Waals surface area contributed by atoms with Crippen molar-refractivity contribution in [1.82, 2.24) is 24.5 Å². The summed E-state index contributed by atoms with van der Waals surface area (Å²) < 4.78 is 14.5. The molecule has 5 heterocycles. The third kappa shape index (κ3) is 4.18. The van der Waals surface area contributed by atoms with Crippen molar-refractivity contribution in [1.29, 1.82) is 0 Å². The quantitative estimate of drug-likeness (QED) is 0.188. The van der Waals surface area contributed by atoms with Gasteiger partial charge in [-0.1, -0.05) is 103 Å². The molecule has 0 atom stereocenters. The van der Waals surface area contributed by atoms with Crippen molar-refractivity contribution < 1.29 is 8.83 Å². The number of aromatic nitrogens is 5. The summed E-state index contributed by atoms with van der Waals surface area (Å²) in [7, 11) is 0. The first-order valence-corrected chi connectivity index (χ1v) is 16.8. The number of rotatable bonds is 4. The Hall–Kier alpha value is -7.12. The molecule has 0 aliphatic carbocycles. The molecule has 238 valence electrons. The number of pyridine rings is 1. The summed E-state index contributed by atoms with van der Waals surface area (Å²) in [5.41, 5.74) is 9.18. The molecule has 0 saturated heterocycles. The molecule has 51 heavy (non-hydrogen) atoms. The molecule has 0 aliphatic heterocycles. The van der Waals surface area contributed by atoms with Crippen molar-refractivity contribution >= 4 is 65.7 Å². The van der Waals surface area contributed by atoms with Gasteiger partial charge in [-0.2, -0.15) is 9.97 Å². The predicted octanol–water partition coefficient (Wildman–Crippen LogP) is 11.2. The van der Waals surface area contributed by atoms with Crippen molar-refractivity contribution in [3.63, 3.8) is 0 Å². The first-order chi connectivity index (χ1) is 25.3. The lowest BCUT2D eigenvalue weighted by Crippen LogP contribution is -2.06. The number of benzene rings is 6. The fourth-order valence-electron chi connectivity index (χ4n) is 7.53.